The summed E-state index contributed by atoms with van der Waals surface area (Å²) in [4.78, 5) is 16.2. The molecular formula is C23H35N4O2+. The molecule has 1 aromatic carbocycles. The molecule has 0 atom stereocenters. The number of methoxy groups -OCH3 is 1. The number of pyridine rings is 1. The second-order valence-electron chi connectivity index (χ2n) is 8.26. The van der Waals surface area contributed by atoms with Gasteiger partial charge in [-0.3, -0.25) is 4.98 Å². The first-order valence-corrected chi connectivity index (χ1v) is 10.9. The van der Waals surface area contributed by atoms with Crippen LogP contribution in [0.25, 0.3) is 10.9 Å². The maximum atomic E-state index is 11.7. The van der Waals surface area contributed by atoms with Crippen molar-refractivity contribution in [3.8, 4) is 5.75 Å². The van der Waals surface area contributed by atoms with Gasteiger partial charge in [-0.2, -0.15) is 5.43 Å². The number of rotatable bonds is 9. The Bertz CT molecular complexity index is 816. The van der Waals surface area contributed by atoms with Crippen molar-refractivity contribution in [2.24, 2.45) is 5.73 Å². The zero-order valence-corrected chi connectivity index (χ0v) is 17.8. The number of ether oxygens (including phenoxy) is 1. The van der Waals surface area contributed by atoms with E-state index in [0.29, 0.717) is 10.5 Å². The van der Waals surface area contributed by atoms with E-state index in [0.717, 1.165) is 50.2 Å². The van der Waals surface area contributed by atoms with Crippen LogP contribution >= 0.6 is 0 Å². The third-order valence-corrected chi connectivity index (χ3v) is 6.27. The molecule has 6 nitrogen and oxygen atoms in total. The van der Waals surface area contributed by atoms with Gasteiger partial charge in [0.05, 0.1) is 12.6 Å². The van der Waals surface area contributed by atoms with Gasteiger partial charge < -0.3 is 10.5 Å². The van der Waals surface area contributed by atoms with Crippen molar-refractivity contribution in [2.75, 3.05) is 26.7 Å². The second-order valence-corrected chi connectivity index (χ2v) is 8.26. The number of nitrogens with one attached hydrogen (secondary N) is 1. The number of hydrogen-bond donors (Lipinski definition) is 2. The number of piperidine rings is 1. The molecule has 1 aliphatic rings. The van der Waals surface area contributed by atoms with E-state index in [-0.39, 0.29) is 0 Å². The van der Waals surface area contributed by atoms with Gasteiger partial charge in [0, 0.05) is 24.4 Å². The summed E-state index contributed by atoms with van der Waals surface area (Å²) in [6.07, 6.45) is 10.1. The number of aromatic nitrogens is 1. The maximum absolute atomic E-state index is 11.7. The van der Waals surface area contributed by atoms with Crippen molar-refractivity contribution in [3.63, 3.8) is 0 Å². The lowest BCUT2D eigenvalue weighted by Gasteiger charge is -2.42. The average molecular weight is 400 g/mol. The first-order chi connectivity index (χ1) is 14.1. The number of nitrogens with two attached hydrogens (primary N) is 1. The molecule has 158 valence electrons. The Balaban J connectivity index is 1.71. The number of carbonyl (C=O) groups is 1. The second kappa shape index (κ2) is 9.92. The van der Waals surface area contributed by atoms with Crippen LogP contribution in [0.15, 0.2) is 30.5 Å². The molecule has 1 aliphatic heterocycles. The number of benzene rings is 1. The Morgan fingerprint density at radius 3 is 2.66 bits per heavy atom. The fourth-order valence-electron chi connectivity index (χ4n) is 4.65. The standard InChI is InChI=1S/C23H34N4O2/c1-3-4-5-6-7-14-27(26-23(24)28)15-11-18(12-16-27)20-10-13-25-22-9-8-19(29-2)17-21(20)22/h8-10,13,17-18H,3-7,11-12,14-16H2,1-2H3,(H2-,24,26,28)/p+1. The van der Waals surface area contributed by atoms with Crippen molar-refractivity contribution in [3.05, 3.63) is 36.0 Å². The summed E-state index contributed by atoms with van der Waals surface area (Å²) in [6.45, 7) is 5.01. The van der Waals surface area contributed by atoms with Crippen LogP contribution in [0, 0.1) is 0 Å². The van der Waals surface area contributed by atoms with Crippen LogP contribution < -0.4 is 15.9 Å². The summed E-state index contributed by atoms with van der Waals surface area (Å²) in [5.74, 6) is 1.31. The van der Waals surface area contributed by atoms with Crippen molar-refractivity contribution in [1.29, 1.82) is 0 Å². The van der Waals surface area contributed by atoms with E-state index in [1.165, 1.54) is 36.6 Å². The molecule has 3 N–H and O–H groups in total. The SMILES string of the molecule is CCCCCCC[N+]1(NC(N)=O)CCC(c2ccnc3ccc(OC)cc23)CC1. The van der Waals surface area contributed by atoms with Gasteiger partial charge >= 0.3 is 6.03 Å². The number of unbranched alkanes of at least 4 members (excludes halogenated alkanes) is 4. The topological polar surface area (TPSA) is 77.2 Å². The Kier molecular flexibility index (Phi) is 7.31. The fraction of sp³-hybridized carbons (Fsp3) is 0.565. The minimum Gasteiger partial charge on any atom is -0.497 e. The monoisotopic (exact) mass is 399 g/mol. The first kappa shape index (κ1) is 21.4. The molecule has 0 spiro atoms. The van der Waals surface area contributed by atoms with E-state index < -0.39 is 6.03 Å². The molecule has 0 aliphatic carbocycles. The van der Waals surface area contributed by atoms with Crippen LogP contribution in [-0.4, -0.2) is 42.4 Å². The van der Waals surface area contributed by atoms with Crippen LogP contribution in [0.4, 0.5) is 4.79 Å². The van der Waals surface area contributed by atoms with Crippen LogP contribution in [0.1, 0.15) is 63.4 Å². The molecule has 2 amide bonds. The normalized spacial score (nSPS) is 21.8. The molecule has 2 heterocycles. The van der Waals surface area contributed by atoms with Crippen LogP contribution in [0.5, 0.6) is 5.75 Å². The predicted molar refractivity (Wildman–Crippen MR) is 117 cm³/mol. The zero-order valence-electron chi connectivity index (χ0n) is 17.8. The van der Waals surface area contributed by atoms with Gasteiger partial charge in [0.15, 0.2) is 0 Å². The van der Waals surface area contributed by atoms with Crippen LogP contribution in [-0.2, 0) is 0 Å². The largest absolute Gasteiger partial charge is 0.497 e. The first-order valence-electron chi connectivity index (χ1n) is 10.9. The fourth-order valence-corrected chi connectivity index (χ4v) is 4.65. The summed E-state index contributed by atoms with van der Waals surface area (Å²) < 4.78 is 6.04. The number of hydrogen-bond acceptors (Lipinski definition) is 3. The molecule has 0 radical (unpaired) electrons. The van der Waals surface area contributed by atoms with E-state index in [2.05, 4.69) is 29.5 Å². The minimum atomic E-state index is -0.420. The molecular weight excluding hydrogens is 364 g/mol. The molecule has 1 aromatic heterocycles. The number of fused-ring (bicyclic) bond motifs is 1. The van der Waals surface area contributed by atoms with Crippen molar-refractivity contribution < 1.29 is 14.1 Å². The Morgan fingerprint density at radius 2 is 1.97 bits per heavy atom. The van der Waals surface area contributed by atoms with Crippen LogP contribution in [0.2, 0.25) is 0 Å². The van der Waals surface area contributed by atoms with E-state index in [1.807, 2.05) is 18.3 Å². The van der Waals surface area contributed by atoms with Gasteiger partial charge in [-0.15, -0.1) is 0 Å². The van der Waals surface area contributed by atoms with E-state index in [4.69, 9.17) is 10.5 Å². The Labute approximate surface area is 174 Å². The number of quaternary nitrogens is 1. The highest BCUT2D eigenvalue weighted by Crippen LogP contribution is 2.35. The molecule has 2 aromatic rings. The van der Waals surface area contributed by atoms with Gasteiger partial charge in [0.2, 0.25) is 0 Å². The molecule has 0 unspecified atom stereocenters. The number of primary amides is 1. The summed E-state index contributed by atoms with van der Waals surface area (Å²) >= 11 is 0. The molecule has 0 bridgehead atoms. The Morgan fingerprint density at radius 1 is 1.21 bits per heavy atom. The van der Waals surface area contributed by atoms with Crippen molar-refractivity contribution in [2.45, 2.75) is 57.8 Å². The van der Waals surface area contributed by atoms with Crippen molar-refractivity contribution >= 4 is 16.9 Å². The zero-order chi connectivity index (χ0) is 20.7. The van der Waals surface area contributed by atoms with Gasteiger partial charge in [-0.25, -0.2) is 9.39 Å². The van der Waals surface area contributed by atoms with Gasteiger partial charge in [0.25, 0.3) is 0 Å². The maximum Gasteiger partial charge on any atom is 0.356 e. The highest BCUT2D eigenvalue weighted by atomic mass is 16.5. The van der Waals surface area contributed by atoms with E-state index in [1.54, 1.807) is 7.11 Å². The molecule has 0 saturated carbocycles. The highest BCUT2D eigenvalue weighted by Gasteiger charge is 2.36. The molecule has 29 heavy (non-hydrogen) atoms. The minimum absolute atomic E-state index is 0.420. The summed E-state index contributed by atoms with van der Waals surface area (Å²) in [7, 11) is 1.69. The third-order valence-electron chi connectivity index (χ3n) is 6.27. The summed E-state index contributed by atoms with van der Waals surface area (Å²) in [5, 5.41) is 1.17. The molecule has 1 saturated heterocycles. The summed E-state index contributed by atoms with van der Waals surface area (Å²) in [5.41, 5.74) is 10.9. The van der Waals surface area contributed by atoms with E-state index >= 15 is 0 Å². The number of amides is 2. The molecule has 1 fully saturated rings. The highest BCUT2D eigenvalue weighted by molar-refractivity contribution is 5.84. The lowest BCUT2D eigenvalue weighted by Crippen LogP contribution is -2.64. The number of nitrogens with zero attached hydrogens (tertiary/aromatic N) is 2. The number of likely N-dealkylation sites (tertiary alicyclic amines) is 1. The quantitative estimate of drug-likeness (QED) is 0.482. The van der Waals surface area contributed by atoms with Gasteiger partial charge in [-0.05, 0) is 48.6 Å². The predicted octanol–water partition coefficient (Wildman–Crippen LogP) is 4.49. The smallest absolute Gasteiger partial charge is 0.356 e. The lowest BCUT2D eigenvalue weighted by molar-refractivity contribution is -0.965. The number of carbonyl (C=O) groups excluding carboxylic acids is 1. The van der Waals surface area contributed by atoms with Gasteiger partial charge in [0.1, 0.15) is 25.4 Å². The van der Waals surface area contributed by atoms with Crippen molar-refractivity contribution in [1.82, 2.24) is 10.4 Å². The third kappa shape index (κ3) is 5.38. The van der Waals surface area contributed by atoms with E-state index in [9.17, 15) is 4.79 Å². The van der Waals surface area contributed by atoms with Gasteiger partial charge in [-0.1, -0.05) is 26.2 Å². The lowest BCUT2D eigenvalue weighted by atomic mass is 9.87. The summed E-state index contributed by atoms with van der Waals surface area (Å²) in [6, 6.07) is 7.78. The Hall–Kier alpha value is -2.34. The molecule has 6 heteroatoms. The number of urea groups is 1. The molecule has 3 rings (SSSR count). The average Bonchev–Trinajstić information content (AvgIpc) is 2.73. The van der Waals surface area contributed by atoms with Crippen LogP contribution in [0.3, 0.4) is 0 Å².